The monoisotopic (exact) mass is 592 g/mol. The average Bonchev–Trinajstić information content (AvgIpc) is 3.29. The molecule has 35 heavy (non-hydrogen) atoms. The Kier molecular flexibility index (Phi) is 6.97. The van der Waals surface area contributed by atoms with Crippen LogP contribution in [0.3, 0.4) is 0 Å². The van der Waals surface area contributed by atoms with E-state index < -0.39 is 17.3 Å². The van der Waals surface area contributed by atoms with E-state index in [0.29, 0.717) is 5.69 Å². The molecule has 182 valence electrons. The molecule has 1 aromatic heterocycles. The van der Waals surface area contributed by atoms with Gasteiger partial charge in [0.25, 0.3) is 0 Å². The molecule has 0 radical (unpaired) electrons. The molecule has 3 aromatic carbocycles. The number of aliphatic hydroxyl groups is 1. The maximum absolute atomic E-state index is 13.8. The van der Waals surface area contributed by atoms with E-state index in [0.717, 1.165) is 32.9 Å². The van der Waals surface area contributed by atoms with Crippen molar-refractivity contribution in [2.24, 2.45) is 0 Å². The molecule has 0 bridgehead atoms. The lowest BCUT2D eigenvalue weighted by molar-refractivity contribution is -0.137. The Bertz CT molecular complexity index is 1340. The van der Waals surface area contributed by atoms with Crippen LogP contribution in [-0.2, 0) is 16.2 Å². The van der Waals surface area contributed by atoms with Crippen LogP contribution in [0, 0.1) is 0 Å². The minimum Gasteiger partial charge on any atom is -0.496 e. The first kappa shape index (κ1) is 25.2. The predicted molar refractivity (Wildman–Crippen MR) is 139 cm³/mol. The van der Waals surface area contributed by atoms with Crippen LogP contribution in [0.5, 0.6) is 5.75 Å². The summed E-state index contributed by atoms with van der Waals surface area (Å²) >= 11 is 2.29. The van der Waals surface area contributed by atoms with E-state index in [4.69, 9.17) is 4.74 Å². The number of aromatic nitrogens is 2. The summed E-state index contributed by atoms with van der Waals surface area (Å²) in [7, 11) is 1.64. The number of methoxy groups -OCH3 is 1. The molecule has 8 heteroatoms. The number of hydrogen-bond donors (Lipinski definition) is 1. The third-order valence-corrected chi connectivity index (χ3v) is 6.53. The first-order chi connectivity index (χ1) is 16.5. The van der Waals surface area contributed by atoms with Crippen molar-refractivity contribution in [1.29, 1.82) is 0 Å². The van der Waals surface area contributed by atoms with Crippen LogP contribution in [-0.4, -0.2) is 21.8 Å². The zero-order valence-electron chi connectivity index (χ0n) is 19.4. The van der Waals surface area contributed by atoms with E-state index >= 15 is 0 Å². The van der Waals surface area contributed by atoms with Crippen LogP contribution in [0.15, 0.2) is 72.9 Å². The van der Waals surface area contributed by atoms with Crippen LogP contribution in [0.2, 0.25) is 0 Å². The fraction of sp³-hybridized carbons (Fsp3) is 0.222. The highest BCUT2D eigenvalue weighted by Crippen LogP contribution is 2.38. The zero-order valence-corrected chi connectivity index (χ0v) is 21.6. The number of halogens is 4. The van der Waals surface area contributed by atoms with Crippen molar-refractivity contribution < 1.29 is 23.0 Å². The van der Waals surface area contributed by atoms with Crippen molar-refractivity contribution in [3.8, 4) is 34.0 Å². The Labute approximate surface area is 215 Å². The Morgan fingerprint density at radius 2 is 1.63 bits per heavy atom. The Hall–Kier alpha value is -2.85. The lowest BCUT2D eigenvalue weighted by Gasteiger charge is -2.14. The summed E-state index contributed by atoms with van der Waals surface area (Å²) in [5.74, 6) is 0.935. The molecular formula is C27H24F3IN2O2. The van der Waals surface area contributed by atoms with Gasteiger partial charge in [-0.15, -0.1) is 0 Å². The molecule has 1 heterocycles. The number of hydrogen-bond acceptors (Lipinski definition) is 3. The molecule has 0 saturated heterocycles. The highest BCUT2D eigenvalue weighted by atomic mass is 127. The standard InChI is InChI=1S/C27H24F3IN2O2/c1-26(2,34)24-16-33(25(32-24)21-6-4-5-7-22(21)27(28,29)30)20-11-8-17(9-12-20)18-10-13-23(35-3)19(14-18)15-31/h4-14,16,34H,15H2,1-3H3. The highest BCUT2D eigenvalue weighted by molar-refractivity contribution is 14.1. The second-order valence-electron chi connectivity index (χ2n) is 8.63. The second kappa shape index (κ2) is 9.66. The van der Waals surface area contributed by atoms with Gasteiger partial charge in [0.05, 0.1) is 18.4 Å². The van der Waals surface area contributed by atoms with E-state index in [2.05, 4.69) is 33.6 Å². The van der Waals surface area contributed by atoms with Gasteiger partial charge in [-0.1, -0.05) is 59.0 Å². The van der Waals surface area contributed by atoms with Gasteiger partial charge < -0.3 is 9.84 Å². The fourth-order valence-corrected chi connectivity index (χ4v) is 4.46. The number of imidazole rings is 1. The van der Waals surface area contributed by atoms with Crippen molar-refractivity contribution >= 4 is 22.6 Å². The lowest BCUT2D eigenvalue weighted by Crippen LogP contribution is -2.15. The summed E-state index contributed by atoms with van der Waals surface area (Å²) in [4.78, 5) is 4.42. The molecule has 1 N–H and O–H groups in total. The summed E-state index contributed by atoms with van der Waals surface area (Å²) < 4.78 is 49.1. The van der Waals surface area contributed by atoms with Gasteiger partial charge in [0.2, 0.25) is 0 Å². The molecule has 0 saturated carbocycles. The normalized spacial score (nSPS) is 12.1. The van der Waals surface area contributed by atoms with Crippen molar-refractivity contribution in [2.75, 3.05) is 7.11 Å². The van der Waals surface area contributed by atoms with Crippen LogP contribution >= 0.6 is 22.6 Å². The number of alkyl halides is 4. The van der Waals surface area contributed by atoms with E-state index in [9.17, 15) is 18.3 Å². The van der Waals surface area contributed by atoms with Crippen molar-refractivity contribution in [1.82, 2.24) is 9.55 Å². The smallest absolute Gasteiger partial charge is 0.417 e. The molecule has 0 aliphatic carbocycles. The quantitative estimate of drug-likeness (QED) is 0.188. The first-order valence-corrected chi connectivity index (χ1v) is 12.4. The third kappa shape index (κ3) is 5.23. The Morgan fingerprint density at radius 3 is 2.23 bits per heavy atom. The molecular weight excluding hydrogens is 568 g/mol. The molecule has 0 fully saturated rings. The summed E-state index contributed by atoms with van der Waals surface area (Å²) in [5, 5.41) is 10.5. The average molecular weight is 592 g/mol. The SMILES string of the molecule is COc1ccc(-c2ccc(-n3cc(C(C)(C)O)nc3-c3ccccc3C(F)(F)F)cc2)cc1CI. The van der Waals surface area contributed by atoms with Crippen molar-refractivity contribution in [3.63, 3.8) is 0 Å². The van der Waals surface area contributed by atoms with E-state index in [1.165, 1.54) is 12.1 Å². The first-order valence-electron chi connectivity index (χ1n) is 10.9. The van der Waals surface area contributed by atoms with Gasteiger partial charge in [0.1, 0.15) is 17.2 Å². The Balaban J connectivity index is 1.82. The van der Waals surface area contributed by atoms with Crippen LogP contribution in [0.1, 0.15) is 30.7 Å². The van der Waals surface area contributed by atoms with Crippen LogP contribution < -0.4 is 4.74 Å². The number of ether oxygens (including phenoxy) is 1. The molecule has 4 aromatic rings. The van der Waals surface area contributed by atoms with E-state index in [1.54, 1.807) is 37.8 Å². The number of nitrogens with zero attached hydrogens (tertiary/aromatic N) is 2. The summed E-state index contributed by atoms with van der Waals surface area (Å²) in [6, 6.07) is 18.8. The maximum Gasteiger partial charge on any atom is 0.417 e. The Morgan fingerprint density at radius 1 is 0.971 bits per heavy atom. The molecule has 0 aliphatic heterocycles. The van der Waals surface area contributed by atoms with Gasteiger partial charge in [0.15, 0.2) is 0 Å². The van der Waals surface area contributed by atoms with Crippen LogP contribution in [0.25, 0.3) is 28.2 Å². The molecule has 0 aliphatic rings. The summed E-state index contributed by atoms with van der Waals surface area (Å²) in [6.45, 7) is 3.10. The van der Waals surface area contributed by atoms with Crippen molar-refractivity contribution in [3.05, 3.63) is 89.7 Å². The van der Waals surface area contributed by atoms with E-state index in [-0.39, 0.29) is 17.1 Å². The largest absolute Gasteiger partial charge is 0.496 e. The van der Waals surface area contributed by atoms with Gasteiger partial charge in [-0.3, -0.25) is 4.57 Å². The molecule has 0 unspecified atom stereocenters. The molecule has 0 atom stereocenters. The second-order valence-corrected chi connectivity index (χ2v) is 9.39. The highest BCUT2D eigenvalue weighted by Gasteiger charge is 2.35. The van der Waals surface area contributed by atoms with Gasteiger partial charge in [-0.2, -0.15) is 13.2 Å². The van der Waals surface area contributed by atoms with Crippen molar-refractivity contribution in [2.45, 2.75) is 30.1 Å². The summed E-state index contributed by atoms with van der Waals surface area (Å²) in [6.07, 6.45) is -2.96. The molecule has 0 spiro atoms. The minimum absolute atomic E-state index is 0.0542. The van der Waals surface area contributed by atoms with E-state index in [1.807, 2.05) is 36.4 Å². The fourth-order valence-electron chi connectivity index (χ4n) is 3.86. The van der Waals surface area contributed by atoms with Gasteiger partial charge >= 0.3 is 6.18 Å². The molecule has 4 nitrogen and oxygen atoms in total. The minimum atomic E-state index is -4.54. The van der Waals surface area contributed by atoms with Crippen LogP contribution in [0.4, 0.5) is 13.2 Å². The maximum atomic E-state index is 13.8. The molecule has 4 rings (SSSR count). The third-order valence-electron chi connectivity index (χ3n) is 5.71. The number of rotatable bonds is 6. The van der Waals surface area contributed by atoms with Gasteiger partial charge in [-0.25, -0.2) is 4.98 Å². The van der Waals surface area contributed by atoms with Gasteiger partial charge in [0, 0.05) is 27.4 Å². The topological polar surface area (TPSA) is 47.3 Å². The summed E-state index contributed by atoms with van der Waals surface area (Å²) in [5.41, 5.74) is 1.78. The van der Waals surface area contributed by atoms with Gasteiger partial charge in [-0.05, 0) is 55.3 Å². The lowest BCUT2D eigenvalue weighted by atomic mass is 10.0. The number of benzene rings is 3. The zero-order chi connectivity index (χ0) is 25.4. The predicted octanol–water partition coefficient (Wildman–Crippen LogP) is 7.40. The molecule has 0 amide bonds.